The molecule has 0 radical (unpaired) electrons. The molecule has 6 heteroatoms. The highest BCUT2D eigenvalue weighted by Gasteiger charge is 2.24. The second kappa shape index (κ2) is 4.64. The lowest BCUT2D eigenvalue weighted by molar-refractivity contribution is -0.129. The summed E-state index contributed by atoms with van der Waals surface area (Å²) in [5.74, 6) is -1.88. The van der Waals surface area contributed by atoms with Crippen molar-refractivity contribution in [2.45, 2.75) is 0 Å². The molecule has 1 saturated heterocycles. The van der Waals surface area contributed by atoms with Crippen LogP contribution in [0.4, 0.5) is 10.1 Å². The van der Waals surface area contributed by atoms with Crippen molar-refractivity contribution in [1.29, 1.82) is 0 Å². The predicted molar refractivity (Wildman–Crippen MR) is 63.2 cm³/mol. The zero-order valence-corrected chi connectivity index (χ0v) is 9.89. The summed E-state index contributed by atoms with van der Waals surface area (Å²) in [6.45, 7) is 1.17. The molecule has 1 N–H and O–H groups in total. The highest BCUT2D eigenvalue weighted by molar-refractivity contribution is 5.95. The van der Waals surface area contributed by atoms with Gasteiger partial charge in [0.2, 0.25) is 5.91 Å². The van der Waals surface area contributed by atoms with Gasteiger partial charge >= 0.3 is 5.97 Å². The quantitative estimate of drug-likeness (QED) is 0.845. The molecule has 0 unspecified atom stereocenters. The van der Waals surface area contributed by atoms with Crippen LogP contribution in [-0.4, -0.2) is 48.6 Å². The van der Waals surface area contributed by atoms with Crippen molar-refractivity contribution >= 4 is 17.6 Å². The predicted octanol–water partition coefficient (Wildman–Crippen LogP) is 0.802. The van der Waals surface area contributed by atoms with Crippen molar-refractivity contribution in [1.82, 2.24) is 4.90 Å². The van der Waals surface area contributed by atoms with E-state index in [1.165, 1.54) is 12.1 Å². The normalized spacial score (nSPS) is 16.0. The van der Waals surface area contributed by atoms with Crippen LogP contribution in [0.3, 0.4) is 0 Å². The number of carbonyl (C=O) groups is 2. The zero-order chi connectivity index (χ0) is 13.3. The van der Waals surface area contributed by atoms with Gasteiger partial charge in [-0.05, 0) is 18.2 Å². The number of likely N-dealkylation sites (N-methyl/N-ethyl adjacent to an activating group) is 1. The van der Waals surface area contributed by atoms with Crippen LogP contribution < -0.4 is 4.90 Å². The van der Waals surface area contributed by atoms with E-state index in [0.717, 1.165) is 6.07 Å². The molecule has 0 saturated carbocycles. The largest absolute Gasteiger partial charge is 0.478 e. The highest BCUT2D eigenvalue weighted by atomic mass is 19.1. The maximum Gasteiger partial charge on any atom is 0.337 e. The average Bonchev–Trinajstić information content (AvgIpc) is 2.32. The van der Waals surface area contributed by atoms with E-state index < -0.39 is 11.8 Å². The fourth-order valence-corrected chi connectivity index (χ4v) is 1.92. The first-order chi connectivity index (χ1) is 8.49. The summed E-state index contributed by atoms with van der Waals surface area (Å²) in [6.07, 6.45) is 0. The molecule has 2 rings (SSSR count). The van der Waals surface area contributed by atoms with E-state index in [-0.39, 0.29) is 18.0 Å². The van der Waals surface area contributed by atoms with Gasteiger partial charge < -0.3 is 14.9 Å². The number of benzene rings is 1. The molecule has 1 amide bonds. The maximum atomic E-state index is 13.1. The number of anilines is 1. The van der Waals surface area contributed by atoms with Gasteiger partial charge in [-0.15, -0.1) is 0 Å². The molecule has 1 heterocycles. The first-order valence-electron chi connectivity index (χ1n) is 5.51. The summed E-state index contributed by atoms with van der Waals surface area (Å²) < 4.78 is 13.1. The van der Waals surface area contributed by atoms with Gasteiger partial charge in [0.05, 0.1) is 17.8 Å². The molecule has 96 valence electrons. The van der Waals surface area contributed by atoms with Crippen LogP contribution in [0.1, 0.15) is 10.4 Å². The standard InChI is InChI=1S/C12H13FN2O3/c1-14-4-5-15(7-11(14)16)10-3-2-8(13)6-9(10)12(17)18/h2-3,6H,4-5,7H2,1H3,(H,17,18). The number of halogens is 1. The minimum atomic E-state index is -1.20. The SMILES string of the molecule is CN1CCN(c2ccc(F)cc2C(=O)O)CC1=O. The Bertz CT molecular complexity index is 504. The molecule has 1 aliphatic rings. The Morgan fingerprint density at radius 2 is 2.11 bits per heavy atom. The van der Waals surface area contributed by atoms with Crippen molar-refractivity contribution < 1.29 is 19.1 Å². The molecule has 1 aliphatic heterocycles. The summed E-state index contributed by atoms with van der Waals surface area (Å²) in [7, 11) is 1.70. The Kier molecular flexibility index (Phi) is 3.18. The van der Waals surface area contributed by atoms with Crippen LogP contribution in [0.5, 0.6) is 0 Å². The molecule has 0 spiro atoms. The van der Waals surface area contributed by atoms with Gasteiger partial charge in [-0.1, -0.05) is 0 Å². The second-order valence-corrected chi connectivity index (χ2v) is 4.20. The number of nitrogens with zero attached hydrogens (tertiary/aromatic N) is 2. The smallest absolute Gasteiger partial charge is 0.337 e. The summed E-state index contributed by atoms with van der Waals surface area (Å²) in [4.78, 5) is 25.9. The number of hydrogen-bond donors (Lipinski definition) is 1. The lowest BCUT2D eigenvalue weighted by atomic mass is 10.1. The Morgan fingerprint density at radius 3 is 2.72 bits per heavy atom. The molecule has 0 atom stereocenters. The molecule has 0 aromatic heterocycles. The summed E-state index contributed by atoms with van der Waals surface area (Å²) >= 11 is 0. The third-order valence-corrected chi connectivity index (χ3v) is 2.99. The van der Waals surface area contributed by atoms with Crippen LogP contribution in [-0.2, 0) is 4.79 Å². The third-order valence-electron chi connectivity index (χ3n) is 2.99. The van der Waals surface area contributed by atoms with Gasteiger partial charge in [-0.25, -0.2) is 9.18 Å². The number of piperazine rings is 1. The molecular weight excluding hydrogens is 239 g/mol. The number of carbonyl (C=O) groups excluding carboxylic acids is 1. The number of aromatic carboxylic acids is 1. The number of hydrogen-bond acceptors (Lipinski definition) is 3. The second-order valence-electron chi connectivity index (χ2n) is 4.20. The monoisotopic (exact) mass is 252 g/mol. The summed E-state index contributed by atoms with van der Waals surface area (Å²) in [5.41, 5.74) is 0.262. The first-order valence-corrected chi connectivity index (χ1v) is 5.51. The minimum absolute atomic E-state index is 0.0816. The van der Waals surface area contributed by atoms with E-state index in [1.807, 2.05) is 0 Å². The van der Waals surface area contributed by atoms with E-state index in [4.69, 9.17) is 5.11 Å². The van der Waals surface area contributed by atoms with Gasteiger partial charge in [-0.2, -0.15) is 0 Å². The van der Waals surface area contributed by atoms with Crippen molar-refractivity contribution in [3.63, 3.8) is 0 Å². The highest BCUT2D eigenvalue weighted by Crippen LogP contribution is 2.23. The molecule has 0 bridgehead atoms. The van der Waals surface area contributed by atoms with Crippen LogP contribution in [0.15, 0.2) is 18.2 Å². The fourth-order valence-electron chi connectivity index (χ4n) is 1.92. The third kappa shape index (κ3) is 2.27. The number of amides is 1. The van der Waals surface area contributed by atoms with E-state index >= 15 is 0 Å². The Hall–Kier alpha value is -2.11. The molecule has 18 heavy (non-hydrogen) atoms. The summed E-state index contributed by atoms with van der Waals surface area (Å²) in [5, 5.41) is 9.05. The van der Waals surface area contributed by atoms with Crippen LogP contribution in [0.2, 0.25) is 0 Å². The van der Waals surface area contributed by atoms with E-state index in [2.05, 4.69) is 0 Å². The van der Waals surface area contributed by atoms with Crippen molar-refractivity contribution in [2.24, 2.45) is 0 Å². The van der Waals surface area contributed by atoms with Crippen LogP contribution >= 0.6 is 0 Å². The minimum Gasteiger partial charge on any atom is -0.478 e. The molecule has 0 aliphatic carbocycles. The zero-order valence-electron chi connectivity index (χ0n) is 9.89. The number of rotatable bonds is 2. The Morgan fingerprint density at radius 1 is 1.39 bits per heavy atom. The lowest BCUT2D eigenvalue weighted by Crippen LogP contribution is -2.49. The Balaban J connectivity index is 2.33. The molecular formula is C12H13FN2O3. The van der Waals surface area contributed by atoms with E-state index in [1.54, 1.807) is 16.8 Å². The average molecular weight is 252 g/mol. The number of carboxylic acids is 1. The van der Waals surface area contributed by atoms with E-state index in [9.17, 15) is 14.0 Å². The molecule has 1 aromatic rings. The van der Waals surface area contributed by atoms with Crippen LogP contribution in [0.25, 0.3) is 0 Å². The van der Waals surface area contributed by atoms with E-state index in [0.29, 0.717) is 18.8 Å². The van der Waals surface area contributed by atoms with Crippen molar-refractivity contribution in [3.05, 3.63) is 29.6 Å². The van der Waals surface area contributed by atoms with Crippen LogP contribution in [0, 0.1) is 5.82 Å². The van der Waals surface area contributed by atoms with Gasteiger partial charge in [0.25, 0.3) is 0 Å². The molecule has 1 aromatic carbocycles. The number of carboxylic acid groups (broad SMARTS) is 1. The Labute approximate surface area is 103 Å². The van der Waals surface area contributed by atoms with Gasteiger partial charge in [0.1, 0.15) is 5.82 Å². The van der Waals surface area contributed by atoms with Gasteiger partial charge in [0.15, 0.2) is 0 Å². The van der Waals surface area contributed by atoms with Gasteiger partial charge in [-0.3, -0.25) is 4.79 Å². The summed E-state index contributed by atoms with van der Waals surface area (Å²) in [6, 6.07) is 3.57. The molecule has 5 nitrogen and oxygen atoms in total. The van der Waals surface area contributed by atoms with Crippen molar-refractivity contribution in [3.8, 4) is 0 Å². The van der Waals surface area contributed by atoms with Crippen molar-refractivity contribution in [2.75, 3.05) is 31.6 Å². The molecule has 1 fully saturated rings. The lowest BCUT2D eigenvalue weighted by Gasteiger charge is -2.34. The first kappa shape index (κ1) is 12.3. The topological polar surface area (TPSA) is 60.9 Å². The maximum absolute atomic E-state index is 13.1. The fraction of sp³-hybridized carbons (Fsp3) is 0.333. The van der Waals surface area contributed by atoms with Gasteiger partial charge in [0, 0.05) is 20.1 Å².